The fourth-order valence-electron chi connectivity index (χ4n) is 5.12. The molecule has 4 heterocycles. The van der Waals surface area contributed by atoms with E-state index in [-0.39, 0.29) is 11.9 Å². The van der Waals surface area contributed by atoms with Gasteiger partial charge in [0.05, 0.1) is 25.0 Å². The number of anilines is 3. The maximum atomic E-state index is 12.7. The summed E-state index contributed by atoms with van der Waals surface area (Å²) < 4.78 is 5.48. The van der Waals surface area contributed by atoms with Gasteiger partial charge in [0, 0.05) is 49.3 Å². The number of morpholine rings is 1. The highest BCUT2D eigenvalue weighted by molar-refractivity contribution is 5.94. The van der Waals surface area contributed by atoms with Gasteiger partial charge >= 0.3 is 0 Å². The molecule has 0 bridgehead atoms. The number of rotatable bonds is 6. The number of amides is 1. The largest absolute Gasteiger partial charge is 0.378 e. The highest BCUT2D eigenvalue weighted by atomic mass is 16.5. The number of carbonyl (C=O) groups excluding carboxylic acids is 1. The van der Waals surface area contributed by atoms with Crippen molar-refractivity contribution in [2.45, 2.75) is 18.9 Å². The predicted molar refractivity (Wildman–Crippen MR) is 146 cm³/mol. The second-order valence-electron chi connectivity index (χ2n) is 9.71. The Balaban J connectivity index is 1.12. The molecule has 1 amide bonds. The van der Waals surface area contributed by atoms with E-state index in [1.165, 1.54) is 0 Å². The van der Waals surface area contributed by atoms with Gasteiger partial charge in [-0.05, 0) is 47.9 Å². The van der Waals surface area contributed by atoms with Crippen LogP contribution in [0.25, 0.3) is 22.3 Å². The molecular formula is C28H31N7O2. The molecule has 2 aliphatic rings. The lowest BCUT2D eigenvalue weighted by atomic mass is 10.1. The summed E-state index contributed by atoms with van der Waals surface area (Å²) in [4.78, 5) is 29.6. The van der Waals surface area contributed by atoms with Crippen LogP contribution in [0.3, 0.4) is 0 Å². The van der Waals surface area contributed by atoms with E-state index in [0.717, 1.165) is 77.6 Å². The molecule has 9 nitrogen and oxygen atoms in total. The number of aromatic nitrogens is 3. The lowest BCUT2D eigenvalue weighted by Gasteiger charge is -2.27. The zero-order valence-corrected chi connectivity index (χ0v) is 20.7. The van der Waals surface area contributed by atoms with Crippen molar-refractivity contribution in [1.82, 2.24) is 15.0 Å². The minimum atomic E-state index is -0.0425. The standard InChI is InChI=1S/C28H31N7O2/c29-21-8-9-35(17-21)23-3-1-2-19(14-23)15-26(36)32-22-6-4-20(5-7-22)25-16-24-27(33-25)30-18-31-28(24)34-10-12-37-13-11-34/h1-7,14,16,18,21H,8-13,15,17,29H2,(H,32,36)(H,30,31,33)/t21-/m0/s1. The van der Waals surface area contributed by atoms with E-state index in [9.17, 15) is 4.79 Å². The number of carbonyl (C=O) groups is 1. The van der Waals surface area contributed by atoms with Crippen molar-refractivity contribution < 1.29 is 9.53 Å². The molecule has 0 saturated carbocycles. The number of fused-ring (bicyclic) bond motifs is 1. The first-order valence-electron chi connectivity index (χ1n) is 12.8. The Morgan fingerprint density at radius 1 is 1.05 bits per heavy atom. The Hall–Kier alpha value is -3.95. The van der Waals surface area contributed by atoms with E-state index >= 15 is 0 Å². The molecule has 2 aliphatic heterocycles. The Morgan fingerprint density at radius 2 is 1.89 bits per heavy atom. The molecule has 2 saturated heterocycles. The first-order chi connectivity index (χ1) is 18.1. The van der Waals surface area contributed by atoms with E-state index in [1.807, 2.05) is 36.4 Å². The van der Waals surface area contributed by atoms with Crippen molar-refractivity contribution in [3.8, 4) is 11.3 Å². The molecule has 9 heteroatoms. The monoisotopic (exact) mass is 497 g/mol. The van der Waals surface area contributed by atoms with Crippen LogP contribution in [0.5, 0.6) is 0 Å². The SMILES string of the molecule is N[C@H]1CCN(c2cccc(CC(=O)Nc3ccc(-c4cc5c(N6CCOCC6)ncnc5[nH]4)cc3)c2)C1. The number of H-pyrrole nitrogens is 1. The Labute approximate surface area is 215 Å². The molecule has 6 rings (SSSR count). The van der Waals surface area contributed by atoms with E-state index < -0.39 is 0 Å². The van der Waals surface area contributed by atoms with Crippen LogP contribution in [-0.2, 0) is 16.0 Å². The summed E-state index contributed by atoms with van der Waals surface area (Å²) in [6.07, 6.45) is 2.92. The quantitative estimate of drug-likeness (QED) is 0.375. The maximum absolute atomic E-state index is 12.7. The van der Waals surface area contributed by atoms with Crippen LogP contribution in [0.4, 0.5) is 17.2 Å². The third kappa shape index (κ3) is 5.14. The minimum absolute atomic E-state index is 0.0425. The fraction of sp³-hybridized carbons (Fsp3) is 0.321. The van der Waals surface area contributed by atoms with E-state index in [0.29, 0.717) is 19.6 Å². The molecule has 1 atom stereocenters. The fourth-order valence-corrected chi connectivity index (χ4v) is 5.12. The highest BCUT2D eigenvalue weighted by Gasteiger charge is 2.20. The second-order valence-corrected chi connectivity index (χ2v) is 9.71. The lowest BCUT2D eigenvalue weighted by Crippen LogP contribution is -2.36. The van der Waals surface area contributed by atoms with Gasteiger partial charge in [0.2, 0.25) is 5.91 Å². The number of ether oxygens (including phenoxy) is 1. The summed E-state index contributed by atoms with van der Waals surface area (Å²) in [6, 6.07) is 18.3. The summed E-state index contributed by atoms with van der Waals surface area (Å²) in [6.45, 7) is 4.86. The summed E-state index contributed by atoms with van der Waals surface area (Å²) in [5, 5.41) is 4.02. The van der Waals surface area contributed by atoms with Crippen LogP contribution in [0.2, 0.25) is 0 Å². The molecular weight excluding hydrogens is 466 g/mol. The van der Waals surface area contributed by atoms with Gasteiger partial charge in [-0.25, -0.2) is 9.97 Å². The molecule has 37 heavy (non-hydrogen) atoms. The van der Waals surface area contributed by atoms with Crippen LogP contribution in [0.15, 0.2) is 60.9 Å². The molecule has 0 radical (unpaired) electrons. The zero-order chi connectivity index (χ0) is 25.2. The first-order valence-corrected chi connectivity index (χ1v) is 12.8. The normalized spacial score (nSPS) is 17.9. The number of aromatic amines is 1. The van der Waals surface area contributed by atoms with Gasteiger partial charge in [0.15, 0.2) is 0 Å². The molecule has 0 unspecified atom stereocenters. The van der Waals surface area contributed by atoms with Gasteiger partial charge in [0.1, 0.15) is 17.8 Å². The highest BCUT2D eigenvalue weighted by Crippen LogP contribution is 2.30. The third-order valence-corrected chi connectivity index (χ3v) is 7.06. The number of nitrogens with two attached hydrogens (primary N) is 1. The van der Waals surface area contributed by atoms with Crippen LogP contribution >= 0.6 is 0 Å². The average Bonchev–Trinajstić information content (AvgIpc) is 3.56. The molecule has 0 aliphatic carbocycles. The summed E-state index contributed by atoms with van der Waals surface area (Å²) in [5.41, 5.74) is 11.7. The first kappa shape index (κ1) is 23.4. The summed E-state index contributed by atoms with van der Waals surface area (Å²) in [5.74, 6) is 0.885. The van der Waals surface area contributed by atoms with Gasteiger partial charge in [-0.15, -0.1) is 0 Å². The van der Waals surface area contributed by atoms with Crippen molar-refractivity contribution in [2.24, 2.45) is 5.73 Å². The van der Waals surface area contributed by atoms with Crippen molar-refractivity contribution in [3.05, 3.63) is 66.5 Å². The second kappa shape index (κ2) is 10.2. The summed E-state index contributed by atoms with van der Waals surface area (Å²) >= 11 is 0. The van der Waals surface area contributed by atoms with Crippen LogP contribution < -0.4 is 20.9 Å². The third-order valence-electron chi connectivity index (χ3n) is 7.06. The van der Waals surface area contributed by atoms with Crippen LogP contribution in [0.1, 0.15) is 12.0 Å². The van der Waals surface area contributed by atoms with E-state index in [1.54, 1.807) is 6.33 Å². The Bertz CT molecular complexity index is 1400. The van der Waals surface area contributed by atoms with Gasteiger partial charge in [-0.1, -0.05) is 24.3 Å². The lowest BCUT2D eigenvalue weighted by molar-refractivity contribution is -0.115. The van der Waals surface area contributed by atoms with Crippen LogP contribution in [-0.4, -0.2) is 66.3 Å². The topological polar surface area (TPSA) is 112 Å². The maximum Gasteiger partial charge on any atom is 0.228 e. The van der Waals surface area contributed by atoms with Gasteiger partial charge in [-0.3, -0.25) is 4.79 Å². The molecule has 2 aromatic heterocycles. The summed E-state index contributed by atoms with van der Waals surface area (Å²) in [7, 11) is 0. The number of nitrogens with one attached hydrogen (secondary N) is 2. The van der Waals surface area contributed by atoms with Gasteiger partial charge in [0.25, 0.3) is 0 Å². The number of hydrogen-bond donors (Lipinski definition) is 3. The Morgan fingerprint density at radius 3 is 2.68 bits per heavy atom. The van der Waals surface area contributed by atoms with Gasteiger partial charge < -0.3 is 30.6 Å². The van der Waals surface area contributed by atoms with Crippen molar-refractivity contribution in [1.29, 1.82) is 0 Å². The van der Waals surface area contributed by atoms with E-state index in [4.69, 9.17) is 10.5 Å². The average molecular weight is 498 g/mol. The molecule has 4 aromatic rings. The van der Waals surface area contributed by atoms with Crippen molar-refractivity contribution in [2.75, 3.05) is 54.5 Å². The predicted octanol–water partition coefficient (Wildman–Crippen LogP) is 3.18. The van der Waals surface area contributed by atoms with E-state index in [2.05, 4.69) is 48.3 Å². The number of hydrogen-bond acceptors (Lipinski definition) is 7. The van der Waals surface area contributed by atoms with Gasteiger partial charge in [-0.2, -0.15) is 0 Å². The smallest absolute Gasteiger partial charge is 0.228 e. The zero-order valence-electron chi connectivity index (χ0n) is 20.7. The van der Waals surface area contributed by atoms with Crippen molar-refractivity contribution >= 4 is 34.1 Å². The number of benzene rings is 2. The molecule has 4 N–H and O–H groups in total. The van der Waals surface area contributed by atoms with Crippen molar-refractivity contribution in [3.63, 3.8) is 0 Å². The minimum Gasteiger partial charge on any atom is -0.378 e. The Kier molecular flexibility index (Phi) is 6.46. The molecule has 190 valence electrons. The van der Waals surface area contributed by atoms with Crippen LogP contribution in [0, 0.1) is 0 Å². The number of nitrogens with zero attached hydrogens (tertiary/aromatic N) is 4. The molecule has 2 fully saturated rings. The molecule has 0 spiro atoms. The molecule has 2 aromatic carbocycles.